The molecule has 1 amide bonds. The van der Waals surface area contributed by atoms with Crippen molar-refractivity contribution in [1.29, 1.82) is 0 Å². The molecule has 2 rings (SSSR count). The number of aromatic nitrogens is 2. The lowest BCUT2D eigenvalue weighted by molar-refractivity contribution is -0.122. The summed E-state index contributed by atoms with van der Waals surface area (Å²) < 4.78 is 2.00. The minimum absolute atomic E-state index is 0. The van der Waals surface area contributed by atoms with E-state index in [1.165, 1.54) is 0 Å². The molecule has 1 aromatic heterocycles. The third-order valence-corrected chi connectivity index (χ3v) is 3.26. The van der Waals surface area contributed by atoms with Crippen molar-refractivity contribution in [3.05, 3.63) is 54.1 Å². The highest BCUT2D eigenvalue weighted by Gasteiger charge is 2.11. The molecule has 1 atom stereocenters. The molecule has 1 heterocycles. The van der Waals surface area contributed by atoms with Crippen molar-refractivity contribution in [3.63, 3.8) is 0 Å². The van der Waals surface area contributed by atoms with Gasteiger partial charge in [0.25, 0.3) is 0 Å². The molecule has 0 aliphatic heterocycles. The Labute approximate surface area is 143 Å². The summed E-state index contributed by atoms with van der Waals surface area (Å²) in [5.41, 5.74) is 7.96. The molecule has 5 nitrogen and oxygen atoms in total. The van der Waals surface area contributed by atoms with Crippen LogP contribution in [-0.2, 0) is 17.9 Å². The minimum atomic E-state index is -0.434. The van der Waals surface area contributed by atoms with Crippen molar-refractivity contribution < 1.29 is 4.79 Å². The monoisotopic (exact) mass is 344 g/mol. The van der Waals surface area contributed by atoms with Crippen LogP contribution in [0.15, 0.2) is 43.0 Å². The molecule has 22 heavy (non-hydrogen) atoms. The Balaban J connectivity index is 0.00000220. The van der Waals surface area contributed by atoms with E-state index in [0.29, 0.717) is 13.0 Å². The number of nitrogens with zero attached hydrogens (tertiary/aromatic N) is 2. The average molecular weight is 345 g/mol. The first-order valence-electron chi connectivity index (χ1n) is 6.76. The number of nitrogens with one attached hydrogen (secondary N) is 1. The van der Waals surface area contributed by atoms with Crippen LogP contribution in [0.5, 0.6) is 0 Å². The predicted molar refractivity (Wildman–Crippen MR) is 92.4 cm³/mol. The van der Waals surface area contributed by atoms with Gasteiger partial charge in [-0.1, -0.05) is 31.2 Å². The molecule has 0 bridgehead atoms. The zero-order valence-corrected chi connectivity index (χ0v) is 14.1. The average Bonchev–Trinajstić information content (AvgIpc) is 2.98. The van der Waals surface area contributed by atoms with Gasteiger partial charge in [0.15, 0.2) is 0 Å². The van der Waals surface area contributed by atoms with E-state index in [2.05, 4.69) is 16.4 Å². The van der Waals surface area contributed by atoms with Gasteiger partial charge in [-0.3, -0.25) is 4.79 Å². The maximum absolute atomic E-state index is 11.7. The van der Waals surface area contributed by atoms with Crippen LogP contribution in [-0.4, -0.2) is 21.5 Å². The van der Waals surface area contributed by atoms with Crippen LogP contribution in [0, 0.1) is 0 Å². The highest BCUT2D eigenvalue weighted by Crippen LogP contribution is 2.10. The number of carbonyl (C=O) groups is 1. The summed E-state index contributed by atoms with van der Waals surface area (Å²) in [6.07, 6.45) is 6.10. The first-order valence-corrected chi connectivity index (χ1v) is 6.76. The van der Waals surface area contributed by atoms with E-state index in [1.54, 1.807) is 12.5 Å². The fourth-order valence-corrected chi connectivity index (χ4v) is 1.96. The summed E-state index contributed by atoms with van der Waals surface area (Å²) in [4.78, 5) is 15.8. The number of amides is 1. The van der Waals surface area contributed by atoms with Gasteiger partial charge in [0, 0.05) is 25.5 Å². The van der Waals surface area contributed by atoms with Gasteiger partial charge in [-0.15, -0.1) is 24.8 Å². The zero-order chi connectivity index (χ0) is 14.4. The third kappa shape index (κ3) is 5.67. The van der Waals surface area contributed by atoms with E-state index in [1.807, 2.05) is 35.9 Å². The summed E-state index contributed by atoms with van der Waals surface area (Å²) in [5, 5.41) is 2.88. The molecular weight excluding hydrogens is 323 g/mol. The summed E-state index contributed by atoms with van der Waals surface area (Å²) in [6, 6.07) is 7.61. The maximum Gasteiger partial charge on any atom is 0.237 e. The van der Waals surface area contributed by atoms with Crippen molar-refractivity contribution in [3.8, 4) is 0 Å². The second kappa shape index (κ2) is 10.2. The molecule has 0 aliphatic rings. The smallest absolute Gasteiger partial charge is 0.237 e. The Morgan fingerprint density at radius 1 is 1.32 bits per heavy atom. The summed E-state index contributed by atoms with van der Waals surface area (Å²) in [5.74, 6) is -0.107. The van der Waals surface area contributed by atoms with Gasteiger partial charge in [-0.2, -0.15) is 0 Å². The lowest BCUT2D eigenvalue weighted by Gasteiger charge is -2.13. The second-order valence-corrected chi connectivity index (χ2v) is 4.74. The van der Waals surface area contributed by atoms with Gasteiger partial charge in [-0.25, -0.2) is 4.98 Å². The lowest BCUT2D eigenvalue weighted by Crippen LogP contribution is -2.39. The zero-order valence-electron chi connectivity index (χ0n) is 12.4. The highest BCUT2D eigenvalue weighted by atomic mass is 35.5. The van der Waals surface area contributed by atoms with Crippen LogP contribution < -0.4 is 11.1 Å². The number of imidazole rings is 1. The Bertz CT molecular complexity index is 560. The van der Waals surface area contributed by atoms with Crippen LogP contribution in [0.4, 0.5) is 0 Å². The van der Waals surface area contributed by atoms with Gasteiger partial charge >= 0.3 is 0 Å². The lowest BCUT2D eigenvalue weighted by atomic mass is 10.1. The molecule has 2 aromatic rings. The summed E-state index contributed by atoms with van der Waals surface area (Å²) >= 11 is 0. The van der Waals surface area contributed by atoms with Crippen molar-refractivity contribution in [1.82, 2.24) is 14.9 Å². The standard InChI is InChI=1S/C15H20N4O.2ClH/c1-2-14(16)15(20)18-9-12-5-3-4-6-13(12)10-19-8-7-17-11-19;;/h3-8,11,14H,2,9-10,16H2,1H3,(H,18,20);2*1H/t14-;;/m0../s1. The quantitative estimate of drug-likeness (QED) is 0.842. The molecule has 122 valence electrons. The SMILES string of the molecule is CC[C@H](N)C(=O)NCc1ccccc1Cn1ccnc1.Cl.Cl. The minimum Gasteiger partial charge on any atom is -0.351 e. The van der Waals surface area contributed by atoms with Crippen LogP contribution in [0.2, 0.25) is 0 Å². The molecule has 0 radical (unpaired) electrons. The number of hydrogen-bond donors (Lipinski definition) is 2. The highest BCUT2D eigenvalue weighted by molar-refractivity contribution is 5.85. The number of benzene rings is 1. The fraction of sp³-hybridized carbons (Fsp3) is 0.333. The molecule has 7 heteroatoms. The Morgan fingerprint density at radius 3 is 2.59 bits per heavy atom. The van der Waals surface area contributed by atoms with Crippen molar-refractivity contribution in [2.24, 2.45) is 5.73 Å². The van der Waals surface area contributed by atoms with Crippen molar-refractivity contribution in [2.45, 2.75) is 32.5 Å². The summed E-state index contributed by atoms with van der Waals surface area (Å²) in [6.45, 7) is 3.14. The molecule has 0 saturated heterocycles. The molecule has 3 N–H and O–H groups in total. The molecule has 1 aromatic carbocycles. The molecule has 0 aliphatic carbocycles. The van der Waals surface area contributed by atoms with E-state index < -0.39 is 6.04 Å². The van der Waals surface area contributed by atoms with Crippen LogP contribution in [0.3, 0.4) is 0 Å². The first kappa shape index (κ1) is 20.4. The molecule has 0 saturated carbocycles. The number of nitrogens with two attached hydrogens (primary N) is 1. The van der Waals surface area contributed by atoms with Gasteiger partial charge in [0.1, 0.15) is 0 Å². The van der Waals surface area contributed by atoms with E-state index >= 15 is 0 Å². The second-order valence-electron chi connectivity index (χ2n) is 4.74. The topological polar surface area (TPSA) is 72.9 Å². The van der Waals surface area contributed by atoms with Crippen molar-refractivity contribution >= 4 is 30.7 Å². The number of carbonyl (C=O) groups excluding carboxylic acids is 1. The molecule has 0 unspecified atom stereocenters. The Morgan fingerprint density at radius 2 is 2.00 bits per heavy atom. The van der Waals surface area contributed by atoms with E-state index in [9.17, 15) is 4.79 Å². The largest absolute Gasteiger partial charge is 0.351 e. The Kier molecular flexibility index (Phi) is 9.49. The van der Waals surface area contributed by atoms with Crippen molar-refractivity contribution in [2.75, 3.05) is 0 Å². The number of rotatable bonds is 6. The Hall–Kier alpha value is -1.56. The third-order valence-electron chi connectivity index (χ3n) is 3.26. The molecular formula is C15H22Cl2N4O. The van der Waals surface area contributed by atoms with Gasteiger partial charge in [0.05, 0.1) is 12.4 Å². The fourth-order valence-electron chi connectivity index (χ4n) is 1.96. The summed E-state index contributed by atoms with van der Waals surface area (Å²) in [7, 11) is 0. The molecule has 0 fully saturated rings. The van der Waals surface area contributed by atoms with Gasteiger partial charge < -0.3 is 15.6 Å². The number of halogens is 2. The van der Waals surface area contributed by atoms with E-state index in [0.717, 1.165) is 17.7 Å². The van der Waals surface area contributed by atoms with E-state index in [-0.39, 0.29) is 30.7 Å². The number of hydrogen-bond acceptors (Lipinski definition) is 3. The van der Waals surface area contributed by atoms with Gasteiger partial charge in [-0.05, 0) is 17.5 Å². The first-order chi connectivity index (χ1) is 9.70. The van der Waals surface area contributed by atoms with Crippen LogP contribution in [0.1, 0.15) is 24.5 Å². The van der Waals surface area contributed by atoms with Crippen LogP contribution in [0.25, 0.3) is 0 Å². The maximum atomic E-state index is 11.7. The normalized spacial score (nSPS) is 11.0. The van der Waals surface area contributed by atoms with Crippen LogP contribution >= 0.6 is 24.8 Å². The molecule has 0 spiro atoms. The van der Waals surface area contributed by atoms with E-state index in [4.69, 9.17) is 5.73 Å². The predicted octanol–water partition coefficient (Wildman–Crippen LogP) is 2.13. The van der Waals surface area contributed by atoms with Gasteiger partial charge in [0.2, 0.25) is 5.91 Å².